The fourth-order valence-electron chi connectivity index (χ4n) is 1.78. The van der Waals surface area contributed by atoms with Crippen molar-refractivity contribution in [2.45, 2.75) is 19.3 Å². The van der Waals surface area contributed by atoms with Crippen LogP contribution < -0.4 is 0 Å². The number of rotatable bonds is 2. The van der Waals surface area contributed by atoms with E-state index in [4.69, 9.17) is 0 Å². The SMILES string of the molecule is CC(C)(CBr)c1cccc2cnccc12. The van der Waals surface area contributed by atoms with Crippen molar-refractivity contribution >= 4 is 26.7 Å². The minimum absolute atomic E-state index is 0.154. The summed E-state index contributed by atoms with van der Waals surface area (Å²) in [6.45, 7) is 4.49. The van der Waals surface area contributed by atoms with E-state index in [0.29, 0.717) is 0 Å². The van der Waals surface area contributed by atoms with Crippen LogP contribution >= 0.6 is 15.9 Å². The van der Waals surface area contributed by atoms with E-state index in [2.05, 4.69) is 59.0 Å². The zero-order valence-electron chi connectivity index (χ0n) is 9.00. The zero-order valence-corrected chi connectivity index (χ0v) is 10.6. The summed E-state index contributed by atoms with van der Waals surface area (Å²) in [5.41, 5.74) is 1.53. The number of aromatic nitrogens is 1. The zero-order chi connectivity index (χ0) is 10.9. The first kappa shape index (κ1) is 10.6. The molecule has 1 aromatic carbocycles. The van der Waals surface area contributed by atoms with Gasteiger partial charge in [-0.2, -0.15) is 0 Å². The van der Waals surface area contributed by atoms with Crippen molar-refractivity contribution in [3.05, 3.63) is 42.2 Å². The largest absolute Gasteiger partial charge is 0.264 e. The number of nitrogens with zero attached hydrogens (tertiary/aromatic N) is 1. The maximum atomic E-state index is 4.15. The molecule has 0 bridgehead atoms. The van der Waals surface area contributed by atoms with Gasteiger partial charge in [0.15, 0.2) is 0 Å². The molecule has 0 saturated carbocycles. The summed E-state index contributed by atoms with van der Waals surface area (Å²) >= 11 is 3.58. The van der Waals surface area contributed by atoms with Crippen LogP contribution in [0.1, 0.15) is 19.4 Å². The summed E-state index contributed by atoms with van der Waals surface area (Å²) in [7, 11) is 0. The van der Waals surface area contributed by atoms with E-state index in [1.165, 1.54) is 16.3 Å². The van der Waals surface area contributed by atoms with Crippen molar-refractivity contribution in [1.29, 1.82) is 0 Å². The van der Waals surface area contributed by atoms with E-state index < -0.39 is 0 Å². The van der Waals surface area contributed by atoms with Gasteiger partial charge in [0.1, 0.15) is 0 Å². The first-order valence-electron chi connectivity index (χ1n) is 5.04. The van der Waals surface area contributed by atoms with Gasteiger partial charge in [-0.25, -0.2) is 0 Å². The van der Waals surface area contributed by atoms with E-state index >= 15 is 0 Å². The van der Waals surface area contributed by atoms with Crippen LogP contribution in [0.3, 0.4) is 0 Å². The number of halogens is 1. The molecular weight excluding hydrogens is 250 g/mol. The molecule has 15 heavy (non-hydrogen) atoms. The Morgan fingerprint density at radius 1 is 1.27 bits per heavy atom. The Bertz CT molecular complexity index is 471. The number of pyridine rings is 1. The van der Waals surface area contributed by atoms with Crippen molar-refractivity contribution in [2.75, 3.05) is 5.33 Å². The van der Waals surface area contributed by atoms with Gasteiger partial charge >= 0.3 is 0 Å². The smallest absolute Gasteiger partial charge is 0.0346 e. The van der Waals surface area contributed by atoms with Crippen molar-refractivity contribution in [3.8, 4) is 0 Å². The molecule has 0 aliphatic rings. The standard InChI is InChI=1S/C13H14BrN/c1-13(2,9-14)12-5-3-4-10-8-15-7-6-11(10)12/h3-8H,9H2,1-2H3. The fraction of sp³-hybridized carbons (Fsp3) is 0.308. The quantitative estimate of drug-likeness (QED) is 0.749. The lowest BCUT2D eigenvalue weighted by molar-refractivity contribution is 0.612. The fourth-order valence-corrected chi connectivity index (χ4v) is 2.09. The average molecular weight is 264 g/mol. The Labute approximate surface area is 98.7 Å². The molecule has 0 atom stereocenters. The molecule has 2 aromatic rings. The monoisotopic (exact) mass is 263 g/mol. The lowest BCUT2D eigenvalue weighted by atomic mass is 9.84. The molecule has 2 rings (SSSR count). The van der Waals surface area contributed by atoms with Gasteiger partial charge in [0.05, 0.1) is 0 Å². The molecule has 1 aromatic heterocycles. The first-order valence-corrected chi connectivity index (χ1v) is 6.16. The highest BCUT2D eigenvalue weighted by molar-refractivity contribution is 9.09. The van der Waals surface area contributed by atoms with Crippen LogP contribution in [-0.4, -0.2) is 10.3 Å². The highest BCUT2D eigenvalue weighted by atomic mass is 79.9. The summed E-state index contributed by atoms with van der Waals surface area (Å²) < 4.78 is 0. The molecule has 1 nitrogen and oxygen atoms in total. The van der Waals surface area contributed by atoms with E-state index in [-0.39, 0.29) is 5.41 Å². The number of hydrogen-bond acceptors (Lipinski definition) is 1. The molecule has 0 saturated heterocycles. The van der Waals surface area contributed by atoms with Crippen molar-refractivity contribution < 1.29 is 0 Å². The predicted octanol–water partition coefficient (Wildman–Crippen LogP) is 3.91. The Kier molecular flexibility index (Phi) is 2.79. The molecule has 0 aliphatic carbocycles. The van der Waals surface area contributed by atoms with Gasteiger partial charge in [-0.15, -0.1) is 0 Å². The molecule has 78 valence electrons. The Balaban J connectivity index is 2.71. The van der Waals surface area contributed by atoms with Crippen LogP contribution in [0.25, 0.3) is 10.8 Å². The molecule has 0 unspecified atom stereocenters. The Hall–Kier alpha value is -0.890. The van der Waals surface area contributed by atoms with Crippen LogP contribution in [0, 0.1) is 0 Å². The third kappa shape index (κ3) is 1.91. The number of benzene rings is 1. The van der Waals surface area contributed by atoms with Gasteiger partial charge in [-0.05, 0) is 22.4 Å². The van der Waals surface area contributed by atoms with Gasteiger partial charge in [-0.3, -0.25) is 4.98 Å². The van der Waals surface area contributed by atoms with Crippen LogP contribution in [-0.2, 0) is 5.41 Å². The minimum atomic E-state index is 0.154. The van der Waals surface area contributed by atoms with E-state index in [9.17, 15) is 0 Å². The molecule has 2 heteroatoms. The summed E-state index contributed by atoms with van der Waals surface area (Å²) in [5.74, 6) is 0. The highest BCUT2D eigenvalue weighted by Gasteiger charge is 2.20. The molecule has 0 N–H and O–H groups in total. The molecular formula is C13H14BrN. The summed E-state index contributed by atoms with van der Waals surface area (Å²) in [6, 6.07) is 8.50. The average Bonchev–Trinajstić information content (AvgIpc) is 2.28. The van der Waals surface area contributed by atoms with Crippen molar-refractivity contribution in [1.82, 2.24) is 4.98 Å². The van der Waals surface area contributed by atoms with Crippen molar-refractivity contribution in [3.63, 3.8) is 0 Å². The van der Waals surface area contributed by atoms with Gasteiger partial charge < -0.3 is 0 Å². The third-order valence-corrected chi connectivity index (χ3v) is 4.15. The summed E-state index contributed by atoms with van der Waals surface area (Å²) in [4.78, 5) is 4.15. The lowest BCUT2D eigenvalue weighted by Crippen LogP contribution is -2.19. The van der Waals surface area contributed by atoms with Gasteiger partial charge in [-0.1, -0.05) is 48.0 Å². The van der Waals surface area contributed by atoms with Crippen LogP contribution in [0.15, 0.2) is 36.7 Å². The minimum Gasteiger partial charge on any atom is -0.264 e. The molecule has 0 spiro atoms. The lowest BCUT2D eigenvalue weighted by Gasteiger charge is -2.24. The van der Waals surface area contributed by atoms with Gasteiger partial charge in [0.2, 0.25) is 0 Å². The van der Waals surface area contributed by atoms with E-state index in [1.807, 2.05) is 12.4 Å². The van der Waals surface area contributed by atoms with Gasteiger partial charge in [0, 0.05) is 23.1 Å². The van der Waals surface area contributed by atoms with Crippen LogP contribution in [0.5, 0.6) is 0 Å². The number of fused-ring (bicyclic) bond motifs is 1. The molecule has 0 amide bonds. The van der Waals surface area contributed by atoms with E-state index in [0.717, 1.165) is 5.33 Å². The molecule has 0 radical (unpaired) electrons. The second-order valence-corrected chi connectivity index (χ2v) is 4.98. The molecule has 1 heterocycles. The second-order valence-electron chi connectivity index (χ2n) is 4.42. The van der Waals surface area contributed by atoms with Crippen LogP contribution in [0.2, 0.25) is 0 Å². The summed E-state index contributed by atoms with van der Waals surface area (Å²) in [5, 5.41) is 3.47. The van der Waals surface area contributed by atoms with E-state index in [1.54, 1.807) is 0 Å². The third-order valence-electron chi connectivity index (χ3n) is 2.74. The maximum Gasteiger partial charge on any atom is 0.0346 e. The molecule has 0 fully saturated rings. The van der Waals surface area contributed by atoms with Crippen LogP contribution in [0.4, 0.5) is 0 Å². The molecule has 0 aliphatic heterocycles. The first-order chi connectivity index (χ1) is 7.15. The highest BCUT2D eigenvalue weighted by Crippen LogP contribution is 2.31. The van der Waals surface area contributed by atoms with Gasteiger partial charge in [0.25, 0.3) is 0 Å². The predicted molar refractivity (Wildman–Crippen MR) is 68.6 cm³/mol. The number of alkyl halides is 1. The Morgan fingerprint density at radius 3 is 2.80 bits per heavy atom. The Morgan fingerprint density at radius 2 is 2.07 bits per heavy atom. The maximum absolute atomic E-state index is 4.15. The number of hydrogen-bond donors (Lipinski definition) is 0. The summed E-state index contributed by atoms with van der Waals surface area (Å²) in [6.07, 6.45) is 3.78. The topological polar surface area (TPSA) is 12.9 Å². The normalized spacial score (nSPS) is 11.9. The second kappa shape index (κ2) is 3.93. The van der Waals surface area contributed by atoms with Crippen molar-refractivity contribution in [2.24, 2.45) is 0 Å².